The molecule has 132 valence electrons. The second kappa shape index (κ2) is 8.21. The molecule has 0 aliphatic carbocycles. The van der Waals surface area contributed by atoms with Crippen molar-refractivity contribution in [2.45, 2.75) is 25.9 Å². The molecule has 1 amide bonds. The summed E-state index contributed by atoms with van der Waals surface area (Å²) < 4.78 is 25.9. The number of piperidine rings is 1. The minimum absolute atomic E-state index is 0.0353. The van der Waals surface area contributed by atoms with Crippen molar-refractivity contribution >= 4 is 5.91 Å². The quantitative estimate of drug-likeness (QED) is 0.900. The zero-order valence-corrected chi connectivity index (χ0v) is 14.1. The number of carbonyl (C=O) groups is 1. The highest BCUT2D eigenvalue weighted by atomic mass is 19.1. The Kier molecular flexibility index (Phi) is 5.76. The summed E-state index contributed by atoms with van der Waals surface area (Å²) in [7, 11) is 0. The van der Waals surface area contributed by atoms with Crippen LogP contribution in [0.15, 0.2) is 48.5 Å². The number of nitrogens with one attached hydrogen (secondary N) is 1. The molecule has 2 aromatic rings. The van der Waals surface area contributed by atoms with Crippen molar-refractivity contribution in [3.63, 3.8) is 0 Å². The lowest BCUT2D eigenvalue weighted by molar-refractivity contribution is -0.126. The molecule has 1 fully saturated rings. The fourth-order valence-electron chi connectivity index (χ4n) is 3.20. The standard InChI is InChI=1S/C20H22F2N2O/c21-18-7-3-15(4-8-18)12-23-20(25)17-2-1-11-24(14-17)13-16-5-9-19(22)10-6-16/h3-10,17H,1-2,11-14H2,(H,23,25)/t17-/m1/s1. The Bertz CT molecular complexity index is 701. The van der Waals surface area contributed by atoms with E-state index in [1.807, 2.05) is 0 Å². The van der Waals surface area contributed by atoms with Crippen LogP contribution in [0.25, 0.3) is 0 Å². The van der Waals surface area contributed by atoms with Crippen LogP contribution >= 0.6 is 0 Å². The predicted octanol–water partition coefficient (Wildman–Crippen LogP) is 3.49. The number of amides is 1. The van der Waals surface area contributed by atoms with Gasteiger partial charge < -0.3 is 5.32 Å². The van der Waals surface area contributed by atoms with Gasteiger partial charge in [-0.1, -0.05) is 24.3 Å². The van der Waals surface area contributed by atoms with Gasteiger partial charge in [-0.05, 0) is 54.8 Å². The van der Waals surface area contributed by atoms with Gasteiger partial charge in [0.25, 0.3) is 0 Å². The second-order valence-corrected chi connectivity index (χ2v) is 6.55. The van der Waals surface area contributed by atoms with E-state index in [-0.39, 0.29) is 23.5 Å². The molecule has 1 heterocycles. The Hall–Kier alpha value is -2.27. The number of hydrogen-bond donors (Lipinski definition) is 1. The molecule has 0 unspecified atom stereocenters. The van der Waals surface area contributed by atoms with Crippen LogP contribution in [0, 0.1) is 17.6 Å². The van der Waals surface area contributed by atoms with E-state index >= 15 is 0 Å². The molecule has 2 aromatic carbocycles. The zero-order valence-electron chi connectivity index (χ0n) is 14.1. The highest BCUT2D eigenvalue weighted by Gasteiger charge is 2.25. The minimum Gasteiger partial charge on any atom is -0.352 e. The van der Waals surface area contributed by atoms with Gasteiger partial charge in [-0.2, -0.15) is 0 Å². The number of carbonyl (C=O) groups excluding carboxylic acids is 1. The first kappa shape index (κ1) is 17.5. The van der Waals surface area contributed by atoms with Crippen LogP contribution < -0.4 is 5.32 Å². The maximum atomic E-state index is 13.0. The average molecular weight is 344 g/mol. The molecule has 1 aliphatic rings. The van der Waals surface area contributed by atoms with Crippen LogP contribution in [0.5, 0.6) is 0 Å². The molecule has 1 N–H and O–H groups in total. The Morgan fingerprint density at radius 3 is 2.24 bits per heavy atom. The molecule has 0 bridgehead atoms. The number of hydrogen-bond acceptors (Lipinski definition) is 2. The van der Waals surface area contributed by atoms with Gasteiger partial charge in [0.05, 0.1) is 5.92 Å². The molecule has 1 aliphatic heterocycles. The topological polar surface area (TPSA) is 32.3 Å². The number of rotatable bonds is 5. The smallest absolute Gasteiger partial charge is 0.224 e. The second-order valence-electron chi connectivity index (χ2n) is 6.55. The predicted molar refractivity (Wildman–Crippen MR) is 92.6 cm³/mol. The van der Waals surface area contributed by atoms with Crippen LogP contribution in [-0.2, 0) is 17.9 Å². The normalized spacial score (nSPS) is 18.1. The minimum atomic E-state index is -0.279. The highest BCUT2D eigenvalue weighted by Crippen LogP contribution is 2.19. The molecular formula is C20H22F2N2O. The van der Waals surface area contributed by atoms with Gasteiger partial charge in [-0.3, -0.25) is 9.69 Å². The van der Waals surface area contributed by atoms with Crippen molar-refractivity contribution in [1.82, 2.24) is 10.2 Å². The van der Waals surface area contributed by atoms with Crippen molar-refractivity contribution in [3.05, 3.63) is 71.3 Å². The van der Waals surface area contributed by atoms with E-state index in [0.717, 1.165) is 37.1 Å². The fourth-order valence-corrected chi connectivity index (χ4v) is 3.20. The molecule has 25 heavy (non-hydrogen) atoms. The van der Waals surface area contributed by atoms with E-state index in [1.165, 1.54) is 24.3 Å². The van der Waals surface area contributed by atoms with Gasteiger partial charge in [0.15, 0.2) is 0 Å². The molecule has 0 saturated carbocycles. The molecule has 1 saturated heterocycles. The summed E-state index contributed by atoms with van der Waals surface area (Å²) >= 11 is 0. The third kappa shape index (κ3) is 5.10. The van der Waals surface area contributed by atoms with Gasteiger partial charge in [0.2, 0.25) is 5.91 Å². The van der Waals surface area contributed by atoms with Gasteiger partial charge >= 0.3 is 0 Å². The summed E-state index contributed by atoms with van der Waals surface area (Å²) in [6, 6.07) is 12.6. The SMILES string of the molecule is O=C(NCc1ccc(F)cc1)[C@@H]1CCCN(Cc2ccc(F)cc2)C1. The first-order valence-corrected chi connectivity index (χ1v) is 8.59. The molecule has 0 aromatic heterocycles. The maximum absolute atomic E-state index is 13.0. The van der Waals surface area contributed by atoms with Crippen molar-refractivity contribution in [1.29, 1.82) is 0 Å². The summed E-state index contributed by atoms with van der Waals surface area (Å²) in [4.78, 5) is 14.7. The number of nitrogens with zero attached hydrogens (tertiary/aromatic N) is 1. The Labute approximate surface area is 146 Å². The van der Waals surface area contributed by atoms with Gasteiger partial charge in [-0.15, -0.1) is 0 Å². The van der Waals surface area contributed by atoms with E-state index in [0.29, 0.717) is 13.1 Å². The van der Waals surface area contributed by atoms with Gasteiger partial charge in [-0.25, -0.2) is 8.78 Å². The number of benzene rings is 2. The molecule has 1 atom stereocenters. The first-order chi connectivity index (χ1) is 12.1. The first-order valence-electron chi connectivity index (χ1n) is 8.59. The van der Waals surface area contributed by atoms with Crippen molar-refractivity contribution < 1.29 is 13.6 Å². The average Bonchev–Trinajstić information content (AvgIpc) is 2.63. The summed E-state index contributed by atoms with van der Waals surface area (Å²) in [5.74, 6) is -0.526. The molecule has 3 rings (SSSR count). The molecule has 0 radical (unpaired) electrons. The van der Waals surface area contributed by atoms with E-state index < -0.39 is 0 Å². The monoisotopic (exact) mass is 344 g/mol. The Morgan fingerprint density at radius 2 is 1.60 bits per heavy atom. The summed E-state index contributed by atoms with van der Waals surface area (Å²) in [6.45, 7) is 2.78. The lowest BCUT2D eigenvalue weighted by atomic mass is 9.96. The third-order valence-electron chi connectivity index (χ3n) is 4.58. The van der Waals surface area contributed by atoms with Crippen LogP contribution in [0.2, 0.25) is 0 Å². The van der Waals surface area contributed by atoms with E-state index in [9.17, 15) is 13.6 Å². The molecular weight excluding hydrogens is 322 g/mol. The molecule has 3 nitrogen and oxygen atoms in total. The van der Waals surface area contributed by atoms with Crippen LogP contribution in [0.1, 0.15) is 24.0 Å². The lowest BCUT2D eigenvalue weighted by Crippen LogP contribution is -2.42. The van der Waals surface area contributed by atoms with Crippen LogP contribution in [-0.4, -0.2) is 23.9 Å². The van der Waals surface area contributed by atoms with Crippen LogP contribution in [0.4, 0.5) is 8.78 Å². The summed E-state index contributed by atoms with van der Waals surface area (Å²) in [5, 5.41) is 2.94. The number of likely N-dealkylation sites (tertiary alicyclic amines) is 1. The maximum Gasteiger partial charge on any atom is 0.224 e. The largest absolute Gasteiger partial charge is 0.352 e. The van der Waals surface area contributed by atoms with E-state index in [1.54, 1.807) is 24.3 Å². The third-order valence-corrected chi connectivity index (χ3v) is 4.58. The number of halogens is 2. The lowest BCUT2D eigenvalue weighted by Gasteiger charge is -2.32. The van der Waals surface area contributed by atoms with Crippen molar-refractivity contribution in [3.8, 4) is 0 Å². The van der Waals surface area contributed by atoms with Crippen molar-refractivity contribution in [2.24, 2.45) is 5.92 Å². The molecule has 0 spiro atoms. The Balaban J connectivity index is 1.50. The molecule has 5 heteroatoms. The summed E-state index contributed by atoms with van der Waals surface area (Å²) in [5.41, 5.74) is 1.93. The highest BCUT2D eigenvalue weighted by molar-refractivity contribution is 5.78. The summed E-state index contributed by atoms with van der Waals surface area (Å²) in [6.07, 6.45) is 1.84. The van der Waals surface area contributed by atoms with Gasteiger partial charge in [0, 0.05) is 19.6 Å². The Morgan fingerprint density at radius 1 is 1.00 bits per heavy atom. The fraction of sp³-hybridized carbons (Fsp3) is 0.350. The van der Waals surface area contributed by atoms with Crippen LogP contribution in [0.3, 0.4) is 0 Å². The van der Waals surface area contributed by atoms with Gasteiger partial charge in [0.1, 0.15) is 11.6 Å². The van der Waals surface area contributed by atoms with Crippen molar-refractivity contribution in [2.75, 3.05) is 13.1 Å². The zero-order chi connectivity index (χ0) is 17.6. The van der Waals surface area contributed by atoms with E-state index in [2.05, 4.69) is 10.2 Å². The van der Waals surface area contributed by atoms with E-state index in [4.69, 9.17) is 0 Å².